The molecule has 0 aliphatic carbocycles. The van der Waals surface area contributed by atoms with Crippen LogP contribution < -0.4 is 10.8 Å². The third-order valence-electron chi connectivity index (χ3n) is 2.01. The summed E-state index contributed by atoms with van der Waals surface area (Å²) in [7, 11) is 0. The van der Waals surface area contributed by atoms with Crippen LogP contribution in [0.15, 0.2) is 0 Å². The van der Waals surface area contributed by atoms with Crippen LogP contribution in [0.4, 0.5) is 0 Å². The van der Waals surface area contributed by atoms with Gasteiger partial charge in [-0.15, -0.1) is 0 Å². The second kappa shape index (κ2) is 2.50. The molecule has 1 aliphatic heterocycles. The van der Waals surface area contributed by atoms with E-state index in [1.165, 1.54) is 12.4 Å². The molecule has 1 atom stereocenters. The molecule has 0 aromatic heterocycles. The van der Waals surface area contributed by atoms with Gasteiger partial charge in [0.15, 0.2) is 0 Å². The van der Waals surface area contributed by atoms with Crippen LogP contribution >= 0.6 is 0 Å². The lowest BCUT2D eigenvalue weighted by Gasteiger charge is -2.16. The summed E-state index contributed by atoms with van der Waals surface area (Å²) in [5.74, 6) is -0.975. The molecule has 0 aromatic rings. The Morgan fingerprint density at radius 1 is 1.82 bits per heavy atom. The summed E-state index contributed by atoms with van der Waals surface area (Å²) in [4.78, 5) is 21.9. The summed E-state index contributed by atoms with van der Waals surface area (Å²) in [6.45, 7) is 1.99. The number of carbonyl (C=O) groups excluding carboxylic acids is 2. The lowest BCUT2D eigenvalue weighted by molar-refractivity contribution is -0.145. The van der Waals surface area contributed by atoms with Crippen molar-refractivity contribution in [2.45, 2.75) is 13.3 Å². The Kier molecular flexibility index (Phi) is 1.82. The van der Waals surface area contributed by atoms with E-state index in [-0.39, 0.29) is 5.91 Å². The molecule has 1 fully saturated rings. The van der Waals surface area contributed by atoms with Crippen LogP contribution in [0.3, 0.4) is 0 Å². The summed E-state index contributed by atoms with van der Waals surface area (Å²) >= 11 is 0. The van der Waals surface area contributed by atoms with Crippen molar-refractivity contribution in [1.29, 1.82) is 0 Å². The molecule has 1 aliphatic rings. The first-order valence-corrected chi connectivity index (χ1v) is 3.34. The summed E-state index contributed by atoms with van der Waals surface area (Å²) in [6, 6.07) is 0. The Labute approximate surface area is 63.7 Å². The fourth-order valence-electron chi connectivity index (χ4n) is 1.07. The smallest absolute Gasteiger partial charge is 0.258 e. The molecule has 1 saturated heterocycles. The van der Waals surface area contributed by atoms with Crippen molar-refractivity contribution in [3.8, 4) is 0 Å². The maximum atomic E-state index is 11.0. The second-order valence-electron chi connectivity index (χ2n) is 2.78. The summed E-state index contributed by atoms with van der Waals surface area (Å²) in [5.41, 5.74) is 0.390. The van der Waals surface area contributed by atoms with Crippen LogP contribution in [0, 0.1) is 5.41 Å². The summed E-state index contributed by atoms with van der Waals surface area (Å²) < 4.78 is 0. The van der Waals surface area contributed by atoms with Crippen molar-refractivity contribution in [2.24, 2.45) is 5.41 Å². The van der Waals surface area contributed by atoms with Gasteiger partial charge in [0.1, 0.15) is 5.41 Å². The fraction of sp³-hybridized carbons (Fsp3) is 0.667. The molecule has 11 heavy (non-hydrogen) atoms. The molecule has 0 radical (unpaired) electrons. The van der Waals surface area contributed by atoms with E-state index in [9.17, 15) is 9.59 Å². The van der Waals surface area contributed by atoms with Gasteiger partial charge in [0, 0.05) is 6.54 Å². The minimum absolute atomic E-state index is 0.330. The molecule has 0 aromatic carbocycles. The van der Waals surface area contributed by atoms with Crippen molar-refractivity contribution < 1.29 is 14.8 Å². The SMILES string of the molecule is CC1(C(=O)NO)CCNC1=O. The van der Waals surface area contributed by atoms with Gasteiger partial charge >= 0.3 is 0 Å². The minimum atomic E-state index is -1.09. The van der Waals surface area contributed by atoms with E-state index in [0.717, 1.165) is 0 Å². The summed E-state index contributed by atoms with van der Waals surface area (Å²) in [5, 5.41) is 10.8. The highest BCUT2D eigenvalue weighted by Gasteiger charge is 2.44. The van der Waals surface area contributed by atoms with Crippen molar-refractivity contribution in [3.05, 3.63) is 0 Å². The molecular weight excluding hydrogens is 148 g/mol. The third-order valence-corrected chi connectivity index (χ3v) is 2.01. The predicted octanol–water partition coefficient (Wildman–Crippen LogP) is -0.982. The normalized spacial score (nSPS) is 29.8. The van der Waals surface area contributed by atoms with E-state index in [4.69, 9.17) is 5.21 Å². The lowest BCUT2D eigenvalue weighted by Crippen LogP contribution is -2.42. The first-order chi connectivity index (χ1) is 5.11. The van der Waals surface area contributed by atoms with Gasteiger partial charge in [-0.25, -0.2) is 5.48 Å². The van der Waals surface area contributed by atoms with Gasteiger partial charge < -0.3 is 5.32 Å². The molecule has 3 N–H and O–H groups in total. The van der Waals surface area contributed by atoms with Crippen molar-refractivity contribution in [1.82, 2.24) is 10.8 Å². The molecule has 1 rings (SSSR count). The van der Waals surface area contributed by atoms with Crippen LogP contribution in [0.5, 0.6) is 0 Å². The minimum Gasteiger partial charge on any atom is -0.355 e. The van der Waals surface area contributed by atoms with Gasteiger partial charge in [-0.05, 0) is 13.3 Å². The zero-order valence-electron chi connectivity index (χ0n) is 6.18. The Hall–Kier alpha value is -1.10. The monoisotopic (exact) mass is 158 g/mol. The number of rotatable bonds is 1. The van der Waals surface area contributed by atoms with Gasteiger partial charge in [-0.2, -0.15) is 0 Å². The number of hydrogen-bond acceptors (Lipinski definition) is 3. The zero-order valence-corrected chi connectivity index (χ0v) is 6.18. The molecular formula is C6H10N2O3. The average Bonchev–Trinajstić information content (AvgIpc) is 2.32. The van der Waals surface area contributed by atoms with Crippen LogP contribution in [-0.4, -0.2) is 23.6 Å². The second-order valence-corrected chi connectivity index (χ2v) is 2.78. The van der Waals surface area contributed by atoms with Gasteiger partial charge in [0.2, 0.25) is 5.91 Å². The lowest BCUT2D eigenvalue weighted by atomic mass is 9.88. The first-order valence-electron chi connectivity index (χ1n) is 3.34. The molecule has 5 nitrogen and oxygen atoms in total. The van der Waals surface area contributed by atoms with Crippen molar-refractivity contribution >= 4 is 11.8 Å². The van der Waals surface area contributed by atoms with E-state index in [0.29, 0.717) is 13.0 Å². The first kappa shape index (κ1) is 8.00. The summed E-state index contributed by atoms with van der Waals surface area (Å²) in [6.07, 6.45) is 0.429. The highest BCUT2D eigenvalue weighted by Crippen LogP contribution is 2.25. The van der Waals surface area contributed by atoms with Crippen molar-refractivity contribution in [2.75, 3.05) is 6.54 Å². The topological polar surface area (TPSA) is 78.4 Å². The molecule has 5 heteroatoms. The van der Waals surface area contributed by atoms with E-state index < -0.39 is 11.3 Å². The number of nitrogens with one attached hydrogen (secondary N) is 2. The van der Waals surface area contributed by atoms with Crippen molar-refractivity contribution in [3.63, 3.8) is 0 Å². The Bertz CT molecular complexity index is 204. The Morgan fingerprint density at radius 3 is 2.82 bits per heavy atom. The number of amides is 2. The standard InChI is InChI=1S/C6H10N2O3/c1-6(5(10)8-11)2-3-7-4(6)9/h11H,2-3H2,1H3,(H,7,9)(H,8,10). The van der Waals surface area contributed by atoms with E-state index in [1.807, 2.05) is 0 Å². The maximum Gasteiger partial charge on any atom is 0.258 e. The molecule has 0 bridgehead atoms. The van der Waals surface area contributed by atoms with Gasteiger partial charge in [0.25, 0.3) is 5.91 Å². The van der Waals surface area contributed by atoms with E-state index >= 15 is 0 Å². The highest BCUT2D eigenvalue weighted by molar-refractivity contribution is 6.05. The zero-order chi connectivity index (χ0) is 8.48. The van der Waals surface area contributed by atoms with E-state index in [2.05, 4.69) is 5.32 Å². The molecule has 62 valence electrons. The molecule has 2 amide bonds. The average molecular weight is 158 g/mol. The fourth-order valence-corrected chi connectivity index (χ4v) is 1.07. The number of hydroxylamine groups is 1. The van der Waals surface area contributed by atoms with Crippen LogP contribution in [0.2, 0.25) is 0 Å². The third kappa shape index (κ3) is 1.07. The molecule has 0 spiro atoms. The van der Waals surface area contributed by atoms with E-state index in [1.54, 1.807) is 0 Å². The predicted molar refractivity (Wildman–Crippen MR) is 35.7 cm³/mol. The number of hydrogen-bond donors (Lipinski definition) is 3. The molecule has 1 unspecified atom stereocenters. The van der Waals surface area contributed by atoms with Gasteiger partial charge in [-0.1, -0.05) is 0 Å². The van der Waals surface area contributed by atoms with Gasteiger partial charge in [0.05, 0.1) is 0 Å². The molecule has 1 heterocycles. The van der Waals surface area contributed by atoms with Gasteiger partial charge in [-0.3, -0.25) is 14.8 Å². The quantitative estimate of drug-likeness (QED) is 0.260. The Balaban J connectivity index is 2.80. The Morgan fingerprint density at radius 2 is 2.45 bits per heavy atom. The van der Waals surface area contributed by atoms with Crippen LogP contribution in [0.25, 0.3) is 0 Å². The highest BCUT2D eigenvalue weighted by atomic mass is 16.5. The van der Waals surface area contributed by atoms with Crippen LogP contribution in [0.1, 0.15) is 13.3 Å². The largest absolute Gasteiger partial charge is 0.355 e. The molecule has 0 saturated carbocycles. The van der Waals surface area contributed by atoms with Crippen LogP contribution in [-0.2, 0) is 9.59 Å². The number of carbonyl (C=O) groups is 2. The maximum absolute atomic E-state index is 11.0.